The first-order chi connectivity index (χ1) is 7.61. The van der Waals surface area contributed by atoms with Crippen LogP contribution in [-0.2, 0) is 14.4 Å². The second kappa shape index (κ2) is 3.69. The van der Waals surface area contributed by atoms with Gasteiger partial charge in [0, 0.05) is 6.92 Å². The minimum Gasteiger partial charge on any atom is -0.293 e. The number of ketones is 2. The standard InChI is InChI=1S/C11H8N2O3/c1-7(14)9-10(15)11(16)13(12-9)8-5-3-2-4-6-8/h2-6H,1H3. The van der Waals surface area contributed by atoms with Gasteiger partial charge in [-0.1, -0.05) is 18.2 Å². The minimum absolute atomic E-state index is 0.311. The summed E-state index contributed by atoms with van der Waals surface area (Å²) in [5, 5.41) is 4.66. The molecule has 1 aromatic carbocycles. The summed E-state index contributed by atoms with van der Waals surface area (Å²) < 4.78 is 0. The molecule has 0 spiro atoms. The van der Waals surface area contributed by atoms with Gasteiger partial charge in [-0.15, -0.1) is 0 Å². The summed E-state index contributed by atoms with van der Waals surface area (Å²) in [6, 6.07) is 8.49. The number of hydrazone groups is 1. The van der Waals surface area contributed by atoms with Crippen LogP contribution >= 0.6 is 0 Å². The zero-order valence-corrected chi connectivity index (χ0v) is 8.51. The summed E-state index contributed by atoms with van der Waals surface area (Å²) in [7, 11) is 0. The Morgan fingerprint density at radius 1 is 1.19 bits per heavy atom. The molecule has 80 valence electrons. The van der Waals surface area contributed by atoms with Gasteiger partial charge in [0.15, 0.2) is 11.5 Å². The Morgan fingerprint density at radius 3 is 2.31 bits per heavy atom. The lowest BCUT2D eigenvalue weighted by Crippen LogP contribution is -2.28. The third-order valence-electron chi connectivity index (χ3n) is 2.14. The first kappa shape index (κ1) is 10.2. The molecular weight excluding hydrogens is 208 g/mol. The van der Waals surface area contributed by atoms with Crippen LogP contribution < -0.4 is 5.01 Å². The van der Waals surface area contributed by atoms with Crippen LogP contribution in [-0.4, -0.2) is 23.2 Å². The second-order valence-electron chi connectivity index (χ2n) is 3.29. The van der Waals surface area contributed by atoms with E-state index < -0.39 is 17.5 Å². The number of rotatable bonds is 2. The molecule has 0 unspecified atom stereocenters. The number of para-hydroxylation sites is 1. The lowest BCUT2D eigenvalue weighted by molar-refractivity contribution is -0.132. The van der Waals surface area contributed by atoms with E-state index in [1.165, 1.54) is 6.92 Å². The number of Topliss-reactive ketones (excluding diaryl/α,β-unsaturated/α-hetero) is 2. The summed E-state index contributed by atoms with van der Waals surface area (Å²) in [5.74, 6) is -2.15. The fourth-order valence-corrected chi connectivity index (χ4v) is 1.36. The minimum atomic E-state index is -0.851. The third kappa shape index (κ3) is 1.52. The summed E-state index contributed by atoms with van der Waals surface area (Å²) in [6.45, 7) is 1.21. The van der Waals surface area contributed by atoms with Gasteiger partial charge >= 0.3 is 5.91 Å². The molecule has 5 heteroatoms. The van der Waals surface area contributed by atoms with Crippen LogP contribution in [0.25, 0.3) is 0 Å². The van der Waals surface area contributed by atoms with Crippen molar-refractivity contribution < 1.29 is 14.4 Å². The molecule has 1 aromatic rings. The van der Waals surface area contributed by atoms with Crippen molar-refractivity contribution >= 4 is 28.9 Å². The first-order valence-corrected chi connectivity index (χ1v) is 4.64. The summed E-state index contributed by atoms with van der Waals surface area (Å²) in [5.41, 5.74) is 0.158. The average molecular weight is 216 g/mol. The van der Waals surface area contributed by atoms with Crippen LogP contribution in [0.4, 0.5) is 5.69 Å². The summed E-state index contributed by atoms with van der Waals surface area (Å²) >= 11 is 0. The van der Waals surface area contributed by atoms with Crippen LogP contribution in [0.5, 0.6) is 0 Å². The molecule has 1 aliphatic rings. The first-order valence-electron chi connectivity index (χ1n) is 4.64. The van der Waals surface area contributed by atoms with Gasteiger partial charge in [0.2, 0.25) is 0 Å². The number of carbonyl (C=O) groups excluding carboxylic acids is 3. The number of hydrogen-bond donors (Lipinski definition) is 0. The molecule has 0 aromatic heterocycles. The van der Waals surface area contributed by atoms with Crippen molar-refractivity contribution in [2.24, 2.45) is 5.10 Å². The van der Waals surface area contributed by atoms with E-state index in [9.17, 15) is 14.4 Å². The molecule has 1 aliphatic heterocycles. The predicted octanol–water partition coefficient (Wildman–Crippen LogP) is 0.547. The molecule has 5 nitrogen and oxygen atoms in total. The predicted molar refractivity (Wildman–Crippen MR) is 57.1 cm³/mol. The van der Waals surface area contributed by atoms with E-state index >= 15 is 0 Å². The van der Waals surface area contributed by atoms with Gasteiger partial charge in [0.05, 0.1) is 5.69 Å². The topological polar surface area (TPSA) is 66.8 Å². The fraction of sp³-hybridized carbons (Fsp3) is 0.0909. The molecule has 0 radical (unpaired) electrons. The number of carbonyl (C=O) groups is 3. The van der Waals surface area contributed by atoms with E-state index in [4.69, 9.17) is 0 Å². The fourth-order valence-electron chi connectivity index (χ4n) is 1.36. The molecule has 0 aliphatic carbocycles. The molecule has 1 amide bonds. The van der Waals surface area contributed by atoms with Crippen molar-refractivity contribution in [1.82, 2.24) is 0 Å². The van der Waals surface area contributed by atoms with E-state index in [0.717, 1.165) is 5.01 Å². The quantitative estimate of drug-likeness (QED) is 0.678. The zero-order valence-electron chi connectivity index (χ0n) is 8.51. The van der Waals surface area contributed by atoms with Crippen molar-refractivity contribution in [1.29, 1.82) is 0 Å². The number of anilines is 1. The monoisotopic (exact) mass is 216 g/mol. The largest absolute Gasteiger partial charge is 0.321 e. The van der Waals surface area contributed by atoms with Gasteiger partial charge in [0.1, 0.15) is 0 Å². The number of hydrogen-bond acceptors (Lipinski definition) is 4. The van der Waals surface area contributed by atoms with Crippen LogP contribution in [0.3, 0.4) is 0 Å². The van der Waals surface area contributed by atoms with Crippen molar-refractivity contribution in [3.63, 3.8) is 0 Å². The second-order valence-corrected chi connectivity index (χ2v) is 3.29. The summed E-state index contributed by atoms with van der Waals surface area (Å²) in [6.07, 6.45) is 0. The normalized spacial score (nSPS) is 15.3. The molecule has 0 bridgehead atoms. The Morgan fingerprint density at radius 2 is 1.81 bits per heavy atom. The Balaban J connectivity index is 2.42. The molecular formula is C11H8N2O3. The zero-order chi connectivity index (χ0) is 11.7. The van der Waals surface area contributed by atoms with Gasteiger partial charge in [0.25, 0.3) is 5.78 Å². The highest BCUT2D eigenvalue weighted by Crippen LogP contribution is 2.18. The van der Waals surface area contributed by atoms with Crippen LogP contribution in [0.1, 0.15) is 6.92 Å². The van der Waals surface area contributed by atoms with Crippen molar-refractivity contribution in [3.05, 3.63) is 30.3 Å². The van der Waals surface area contributed by atoms with Gasteiger partial charge in [-0.3, -0.25) is 14.4 Å². The Bertz CT molecular complexity index is 505. The van der Waals surface area contributed by atoms with E-state index in [0.29, 0.717) is 5.69 Å². The smallest absolute Gasteiger partial charge is 0.293 e. The molecule has 16 heavy (non-hydrogen) atoms. The molecule has 0 N–H and O–H groups in total. The molecule has 0 atom stereocenters. The highest BCUT2D eigenvalue weighted by atomic mass is 16.2. The maximum absolute atomic E-state index is 11.5. The van der Waals surface area contributed by atoms with Crippen molar-refractivity contribution in [3.8, 4) is 0 Å². The molecule has 0 saturated carbocycles. The van der Waals surface area contributed by atoms with E-state index in [1.54, 1.807) is 30.3 Å². The Hall–Kier alpha value is -2.30. The van der Waals surface area contributed by atoms with Crippen LogP contribution in [0, 0.1) is 0 Å². The van der Waals surface area contributed by atoms with Gasteiger partial charge in [-0.05, 0) is 12.1 Å². The highest BCUT2D eigenvalue weighted by Gasteiger charge is 2.36. The lowest BCUT2D eigenvalue weighted by atomic mass is 10.2. The van der Waals surface area contributed by atoms with E-state index in [-0.39, 0.29) is 5.71 Å². The SMILES string of the molecule is CC(=O)C1=NN(c2ccccc2)C(=O)C1=O. The van der Waals surface area contributed by atoms with Gasteiger partial charge < -0.3 is 0 Å². The van der Waals surface area contributed by atoms with Gasteiger partial charge in [-0.2, -0.15) is 10.1 Å². The Labute approximate surface area is 91.4 Å². The van der Waals surface area contributed by atoms with E-state index in [1.807, 2.05) is 0 Å². The molecule has 0 saturated heterocycles. The third-order valence-corrected chi connectivity index (χ3v) is 2.14. The van der Waals surface area contributed by atoms with Crippen LogP contribution in [0.2, 0.25) is 0 Å². The van der Waals surface area contributed by atoms with Crippen molar-refractivity contribution in [2.45, 2.75) is 6.92 Å². The number of nitrogens with zero attached hydrogens (tertiary/aromatic N) is 2. The van der Waals surface area contributed by atoms with Crippen LogP contribution in [0.15, 0.2) is 35.4 Å². The van der Waals surface area contributed by atoms with Crippen molar-refractivity contribution in [2.75, 3.05) is 5.01 Å². The highest BCUT2D eigenvalue weighted by molar-refractivity contribution is 6.82. The maximum atomic E-state index is 11.5. The number of benzene rings is 1. The summed E-state index contributed by atoms with van der Waals surface area (Å²) in [4.78, 5) is 34.0. The lowest BCUT2D eigenvalue weighted by Gasteiger charge is -2.09. The number of amides is 1. The molecule has 2 rings (SSSR count). The Kier molecular flexibility index (Phi) is 2.36. The molecule has 0 fully saturated rings. The van der Waals surface area contributed by atoms with Gasteiger partial charge in [-0.25, -0.2) is 0 Å². The molecule has 1 heterocycles. The van der Waals surface area contributed by atoms with E-state index in [2.05, 4.69) is 5.10 Å². The average Bonchev–Trinajstić information content (AvgIpc) is 2.58. The maximum Gasteiger partial charge on any atom is 0.321 e.